The highest BCUT2D eigenvalue weighted by atomic mass is 16.5. The number of hydrogen-bond donors (Lipinski definition) is 0. The predicted octanol–water partition coefficient (Wildman–Crippen LogP) is 3.96. The van der Waals surface area contributed by atoms with Gasteiger partial charge in [-0.05, 0) is 12.8 Å². The zero-order chi connectivity index (χ0) is 15.8. The van der Waals surface area contributed by atoms with Crippen LogP contribution in [0.25, 0.3) is 0 Å². The Morgan fingerprint density at radius 2 is 0.905 bits per heavy atom. The molecule has 0 bridgehead atoms. The topological polar surface area (TPSA) is 52.6 Å². The van der Waals surface area contributed by atoms with Crippen LogP contribution in [0.2, 0.25) is 0 Å². The molecule has 0 aliphatic carbocycles. The van der Waals surface area contributed by atoms with Gasteiger partial charge < -0.3 is 9.47 Å². The van der Waals surface area contributed by atoms with Crippen molar-refractivity contribution in [3.05, 3.63) is 25.3 Å². The third kappa shape index (κ3) is 14.6. The number of ether oxygens (including phenoxy) is 2. The highest BCUT2D eigenvalue weighted by molar-refractivity contribution is 5.81. The van der Waals surface area contributed by atoms with Crippen LogP contribution in [0.5, 0.6) is 0 Å². The average Bonchev–Trinajstić information content (AvgIpc) is 2.51. The Balaban J connectivity index is 3.09. The highest BCUT2D eigenvalue weighted by Gasteiger charge is 1.97. The second-order valence-electron chi connectivity index (χ2n) is 4.93. The fraction of sp³-hybridized carbons (Fsp3) is 0.647. The van der Waals surface area contributed by atoms with E-state index in [1.54, 1.807) is 0 Å². The van der Waals surface area contributed by atoms with Gasteiger partial charge in [0.15, 0.2) is 0 Å². The molecule has 0 rings (SSSR count). The lowest BCUT2D eigenvalue weighted by atomic mass is 10.1. The van der Waals surface area contributed by atoms with Crippen LogP contribution < -0.4 is 0 Å². The fourth-order valence-corrected chi connectivity index (χ4v) is 1.90. The molecule has 0 spiro atoms. The van der Waals surface area contributed by atoms with Crippen LogP contribution in [0, 0.1) is 0 Å². The van der Waals surface area contributed by atoms with E-state index in [1.165, 1.54) is 44.3 Å². The van der Waals surface area contributed by atoms with E-state index in [9.17, 15) is 9.59 Å². The van der Waals surface area contributed by atoms with Crippen molar-refractivity contribution in [3.8, 4) is 0 Å². The van der Waals surface area contributed by atoms with Gasteiger partial charge in [0.2, 0.25) is 0 Å². The van der Waals surface area contributed by atoms with Gasteiger partial charge in [0.05, 0.1) is 13.2 Å². The Bertz CT molecular complexity index is 280. The predicted molar refractivity (Wildman–Crippen MR) is 83.9 cm³/mol. The molecule has 21 heavy (non-hydrogen) atoms. The first kappa shape index (κ1) is 19.4. The monoisotopic (exact) mass is 296 g/mol. The number of carbonyl (C=O) groups excluding carboxylic acids is 2. The molecule has 0 heterocycles. The van der Waals surface area contributed by atoms with E-state index in [0.717, 1.165) is 25.7 Å². The standard InChI is InChI=1S/C17H28O4/c1-3-16(18)20-14-12-10-8-6-5-7-9-11-13-15-21-17(19)4-2/h3-4H,1-2,5-15H2. The van der Waals surface area contributed by atoms with Gasteiger partial charge >= 0.3 is 11.9 Å². The normalized spacial score (nSPS) is 9.90. The number of esters is 2. The third-order valence-electron chi connectivity index (χ3n) is 3.11. The van der Waals surface area contributed by atoms with Crippen molar-refractivity contribution in [1.82, 2.24) is 0 Å². The zero-order valence-corrected chi connectivity index (χ0v) is 13.0. The molecule has 0 radical (unpaired) electrons. The van der Waals surface area contributed by atoms with Crippen molar-refractivity contribution < 1.29 is 19.1 Å². The zero-order valence-electron chi connectivity index (χ0n) is 13.0. The molecule has 0 aromatic heterocycles. The molecule has 0 amide bonds. The van der Waals surface area contributed by atoms with Crippen LogP contribution in [0.4, 0.5) is 0 Å². The minimum atomic E-state index is -0.339. The van der Waals surface area contributed by atoms with E-state index in [0.29, 0.717) is 13.2 Å². The molecule has 0 aromatic rings. The van der Waals surface area contributed by atoms with Crippen molar-refractivity contribution in [3.63, 3.8) is 0 Å². The summed E-state index contributed by atoms with van der Waals surface area (Å²) in [5.74, 6) is -0.678. The van der Waals surface area contributed by atoms with Gasteiger partial charge in [-0.1, -0.05) is 58.1 Å². The van der Waals surface area contributed by atoms with Gasteiger partial charge in [0, 0.05) is 12.2 Å². The Morgan fingerprint density at radius 3 is 1.19 bits per heavy atom. The Kier molecular flexibility index (Phi) is 13.7. The summed E-state index contributed by atoms with van der Waals surface area (Å²) < 4.78 is 9.80. The van der Waals surface area contributed by atoms with Crippen LogP contribution in [-0.4, -0.2) is 25.2 Å². The molecular weight excluding hydrogens is 268 g/mol. The lowest BCUT2D eigenvalue weighted by Crippen LogP contribution is -2.01. The summed E-state index contributed by atoms with van der Waals surface area (Å²) in [5, 5.41) is 0. The molecule has 4 heteroatoms. The quantitative estimate of drug-likeness (QED) is 0.277. The number of hydrogen-bond acceptors (Lipinski definition) is 4. The summed E-state index contributed by atoms with van der Waals surface area (Å²) in [6.07, 6.45) is 12.5. The summed E-state index contributed by atoms with van der Waals surface area (Å²) in [6.45, 7) is 7.68. The molecule has 120 valence electrons. The van der Waals surface area contributed by atoms with Crippen LogP contribution in [0.1, 0.15) is 57.8 Å². The highest BCUT2D eigenvalue weighted by Crippen LogP contribution is 2.09. The first-order chi connectivity index (χ1) is 10.2. The minimum absolute atomic E-state index is 0.339. The van der Waals surface area contributed by atoms with Gasteiger partial charge in [0.1, 0.15) is 0 Å². The van der Waals surface area contributed by atoms with E-state index in [4.69, 9.17) is 9.47 Å². The lowest BCUT2D eigenvalue weighted by Gasteiger charge is -2.04. The molecule has 0 aliphatic heterocycles. The Labute approximate surface area is 128 Å². The van der Waals surface area contributed by atoms with E-state index in [-0.39, 0.29) is 11.9 Å². The van der Waals surface area contributed by atoms with Crippen molar-refractivity contribution >= 4 is 11.9 Å². The van der Waals surface area contributed by atoms with Gasteiger partial charge in [0.25, 0.3) is 0 Å². The number of unbranched alkanes of at least 4 members (excludes halogenated alkanes) is 8. The SMILES string of the molecule is C=CC(=O)OCCCCCCCCCCCOC(=O)C=C. The van der Waals surface area contributed by atoms with Crippen molar-refractivity contribution in [2.24, 2.45) is 0 Å². The molecule has 4 nitrogen and oxygen atoms in total. The maximum absolute atomic E-state index is 10.8. The molecule has 0 saturated heterocycles. The van der Waals surface area contributed by atoms with Crippen molar-refractivity contribution in [1.29, 1.82) is 0 Å². The maximum atomic E-state index is 10.8. The average molecular weight is 296 g/mol. The summed E-state index contributed by atoms with van der Waals surface area (Å²) in [5.41, 5.74) is 0. The third-order valence-corrected chi connectivity index (χ3v) is 3.11. The van der Waals surface area contributed by atoms with Crippen LogP contribution in [0.15, 0.2) is 25.3 Å². The van der Waals surface area contributed by atoms with Gasteiger partial charge in [-0.25, -0.2) is 9.59 Å². The Hall–Kier alpha value is -1.58. The van der Waals surface area contributed by atoms with Gasteiger partial charge in [-0.3, -0.25) is 0 Å². The Morgan fingerprint density at radius 1 is 0.619 bits per heavy atom. The van der Waals surface area contributed by atoms with E-state index >= 15 is 0 Å². The fourth-order valence-electron chi connectivity index (χ4n) is 1.90. The molecule has 0 aromatic carbocycles. The van der Waals surface area contributed by atoms with Crippen LogP contribution >= 0.6 is 0 Å². The summed E-state index contributed by atoms with van der Waals surface area (Å²) in [6, 6.07) is 0. The molecular formula is C17H28O4. The first-order valence-corrected chi connectivity index (χ1v) is 7.79. The van der Waals surface area contributed by atoms with Gasteiger partial charge in [-0.2, -0.15) is 0 Å². The number of carbonyl (C=O) groups is 2. The summed E-state index contributed by atoms with van der Waals surface area (Å²) >= 11 is 0. The molecule has 0 unspecified atom stereocenters. The molecule has 0 aliphatic rings. The second-order valence-corrected chi connectivity index (χ2v) is 4.93. The van der Waals surface area contributed by atoms with Crippen molar-refractivity contribution in [2.75, 3.05) is 13.2 Å². The molecule has 0 fully saturated rings. The van der Waals surface area contributed by atoms with Crippen LogP contribution in [-0.2, 0) is 19.1 Å². The molecule has 0 N–H and O–H groups in total. The largest absolute Gasteiger partial charge is 0.463 e. The van der Waals surface area contributed by atoms with E-state index in [2.05, 4.69) is 13.2 Å². The summed E-state index contributed by atoms with van der Waals surface area (Å²) in [4.78, 5) is 21.6. The second kappa shape index (κ2) is 14.8. The first-order valence-electron chi connectivity index (χ1n) is 7.79. The van der Waals surface area contributed by atoms with Crippen LogP contribution in [0.3, 0.4) is 0 Å². The van der Waals surface area contributed by atoms with E-state index in [1.807, 2.05) is 0 Å². The van der Waals surface area contributed by atoms with E-state index < -0.39 is 0 Å². The summed E-state index contributed by atoms with van der Waals surface area (Å²) in [7, 11) is 0. The van der Waals surface area contributed by atoms with Gasteiger partial charge in [-0.15, -0.1) is 0 Å². The number of rotatable bonds is 14. The minimum Gasteiger partial charge on any atom is -0.463 e. The van der Waals surface area contributed by atoms with Crippen molar-refractivity contribution in [2.45, 2.75) is 57.8 Å². The maximum Gasteiger partial charge on any atom is 0.330 e. The smallest absolute Gasteiger partial charge is 0.330 e. The molecule has 0 saturated carbocycles. The lowest BCUT2D eigenvalue weighted by molar-refractivity contribution is -0.138. The molecule has 0 atom stereocenters.